The number of amides is 1. The van der Waals surface area contributed by atoms with Crippen LogP contribution in [0.4, 0.5) is 0 Å². The zero-order valence-electron chi connectivity index (χ0n) is 12.1. The van der Waals surface area contributed by atoms with E-state index in [9.17, 15) is 9.90 Å². The Balaban J connectivity index is 2.07. The predicted molar refractivity (Wildman–Crippen MR) is 80.7 cm³/mol. The first-order valence-corrected chi connectivity index (χ1v) is 7.10. The highest BCUT2D eigenvalue weighted by Gasteiger charge is 2.25. The van der Waals surface area contributed by atoms with Gasteiger partial charge in [0.1, 0.15) is 0 Å². The Hall–Kier alpha value is -1.81. The summed E-state index contributed by atoms with van der Waals surface area (Å²) >= 11 is 0. The SMILES string of the molecule is CCC(CC)(CO)CNC(=O)c1ccc2cc[nH]c2c1. The lowest BCUT2D eigenvalue weighted by Crippen LogP contribution is -2.39. The smallest absolute Gasteiger partial charge is 0.251 e. The summed E-state index contributed by atoms with van der Waals surface area (Å²) in [5.74, 6) is -0.0961. The molecule has 0 aliphatic carbocycles. The van der Waals surface area contributed by atoms with E-state index in [0.29, 0.717) is 12.1 Å². The fourth-order valence-electron chi connectivity index (χ4n) is 2.34. The third-order valence-electron chi connectivity index (χ3n) is 4.28. The molecule has 0 saturated carbocycles. The van der Waals surface area contributed by atoms with Gasteiger partial charge in [-0.2, -0.15) is 0 Å². The van der Waals surface area contributed by atoms with Crippen molar-refractivity contribution in [1.29, 1.82) is 0 Å². The molecule has 0 atom stereocenters. The van der Waals surface area contributed by atoms with Crippen LogP contribution in [0.25, 0.3) is 10.9 Å². The Labute approximate surface area is 119 Å². The van der Waals surface area contributed by atoms with Gasteiger partial charge in [0.15, 0.2) is 0 Å². The monoisotopic (exact) mass is 274 g/mol. The second-order valence-electron chi connectivity index (χ2n) is 5.33. The van der Waals surface area contributed by atoms with Crippen molar-refractivity contribution in [2.45, 2.75) is 26.7 Å². The molecule has 2 aromatic rings. The molecular formula is C16H22N2O2. The molecule has 1 heterocycles. The number of aromatic amines is 1. The number of aliphatic hydroxyl groups excluding tert-OH is 1. The van der Waals surface area contributed by atoms with Gasteiger partial charge in [0, 0.05) is 29.2 Å². The molecule has 108 valence electrons. The predicted octanol–water partition coefficient (Wildman–Crippen LogP) is 2.70. The van der Waals surface area contributed by atoms with Gasteiger partial charge in [-0.15, -0.1) is 0 Å². The molecule has 1 aromatic carbocycles. The Morgan fingerprint density at radius 2 is 2.05 bits per heavy atom. The second-order valence-corrected chi connectivity index (χ2v) is 5.33. The summed E-state index contributed by atoms with van der Waals surface area (Å²) < 4.78 is 0. The van der Waals surface area contributed by atoms with Crippen molar-refractivity contribution in [3.8, 4) is 0 Å². The van der Waals surface area contributed by atoms with E-state index in [2.05, 4.69) is 10.3 Å². The lowest BCUT2D eigenvalue weighted by Gasteiger charge is -2.29. The number of fused-ring (bicyclic) bond motifs is 1. The Morgan fingerprint density at radius 1 is 1.30 bits per heavy atom. The average molecular weight is 274 g/mol. The second kappa shape index (κ2) is 6.09. The van der Waals surface area contributed by atoms with E-state index in [4.69, 9.17) is 0 Å². The maximum absolute atomic E-state index is 12.2. The summed E-state index contributed by atoms with van der Waals surface area (Å²) in [5.41, 5.74) is 1.38. The highest BCUT2D eigenvalue weighted by Crippen LogP contribution is 2.24. The van der Waals surface area contributed by atoms with Gasteiger partial charge in [0.05, 0.1) is 6.61 Å². The number of carbonyl (C=O) groups is 1. The normalized spacial score (nSPS) is 11.8. The molecule has 3 N–H and O–H groups in total. The Bertz CT molecular complexity index is 577. The van der Waals surface area contributed by atoms with E-state index < -0.39 is 0 Å². The number of hydrogen-bond acceptors (Lipinski definition) is 2. The van der Waals surface area contributed by atoms with Crippen LogP contribution < -0.4 is 5.32 Å². The molecule has 4 nitrogen and oxygen atoms in total. The number of aromatic nitrogens is 1. The topological polar surface area (TPSA) is 65.1 Å². The van der Waals surface area contributed by atoms with Gasteiger partial charge in [-0.25, -0.2) is 0 Å². The summed E-state index contributed by atoms with van der Waals surface area (Å²) in [4.78, 5) is 15.3. The van der Waals surface area contributed by atoms with Crippen molar-refractivity contribution in [2.75, 3.05) is 13.2 Å². The molecule has 0 saturated heterocycles. The van der Waals surface area contributed by atoms with Gasteiger partial charge in [-0.1, -0.05) is 19.9 Å². The number of rotatable bonds is 6. The number of aliphatic hydroxyl groups is 1. The number of hydrogen-bond donors (Lipinski definition) is 3. The van der Waals surface area contributed by atoms with Crippen molar-refractivity contribution in [3.63, 3.8) is 0 Å². The minimum Gasteiger partial charge on any atom is -0.396 e. The van der Waals surface area contributed by atoms with Crippen LogP contribution in [-0.4, -0.2) is 29.1 Å². The summed E-state index contributed by atoms with van der Waals surface area (Å²) in [7, 11) is 0. The third kappa shape index (κ3) is 2.85. The van der Waals surface area contributed by atoms with E-state index in [1.54, 1.807) is 0 Å². The third-order valence-corrected chi connectivity index (χ3v) is 4.28. The Morgan fingerprint density at radius 3 is 2.70 bits per heavy atom. The van der Waals surface area contributed by atoms with Gasteiger partial charge in [0.2, 0.25) is 0 Å². The van der Waals surface area contributed by atoms with E-state index in [1.165, 1.54) is 0 Å². The molecule has 0 unspecified atom stereocenters. The van der Waals surface area contributed by atoms with Gasteiger partial charge in [0.25, 0.3) is 5.91 Å². The largest absolute Gasteiger partial charge is 0.396 e. The lowest BCUT2D eigenvalue weighted by atomic mass is 9.83. The van der Waals surface area contributed by atoms with Gasteiger partial charge in [-0.3, -0.25) is 4.79 Å². The molecule has 0 aliphatic heterocycles. The van der Waals surface area contributed by atoms with Crippen molar-refractivity contribution in [3.05, 3.63) is 36.0 Å². The molecule has 20 heavy (non-hydrogen) atoms. The Kier molecular flexibility index (Phi) is 4.45. The minimum atomic E-state index is -0.216. The number of nitrogens with one attached hydrogen (secondary N) is 2. The van der Waals surface area contributed by atoms with Crippen molar-refractivity contribution < 1.29 is 9.90 Å². The van der Waals surface area contributed by atoms with Crippen LogP contribution in [0.5, 0.6) is 0 Å². The summed E-state index contributed by atoms with van der Waals surface area (Å²) in [5, 5.41) is 13.5. The van der Waals surface area contributed by atoms with Gasteiger partial charge in [-0.05, 0) is 36.4 Å². The molecule has 0 spiro atoms. The number of benzene rings is 1. The highest BCUT2D eigenvalue weighted by atomic mass is 16.3. The van der Waals surface area contributed by atoms with Gasteiger partial charge < -0.3 is 15.4 Å². The standard InChI is InChI=1S/C16H22N2O2/c1-3-16(4-2,11-19)10-18-15(20)13-6-5-12-7-8-17-14(12)9-13/h5-9,17,19H,3-4,10-11H2,1-2H3,(H,18,20). The fraction of sp³-hybridized carbons (Fsp3) is 0.438. The molecule has 4 heteroatoms. The highest BCUT2D eigenvalue weighted by molar-refractivity contribution is 5.97. The van der Waals surface area contributed by atoms with Crippen LogP contribution in [0, 0.1) is 5.41 Å². The molecule has 2 rings (SSSR count). The average Bonchev–Trinajstić information content (AvgIpc) is 2.96. The van der Waals surface area contributed by atoms with Crippen LogP contribution in [0.15, 0.2) is 30.5 Å². The molecule has 0 bridgehead atoms. The lowest BCUT2D eigenvalue weighted by molar-refractivity contribution is 0.0851. The quantitative estimate of drug-likeness (QED) is 0.758. The zero-order valence-corrected chi connectivity index (χ0v) is 12.1. The number of carbonyl (C=O) groups excluding carboxylic acids is 1. The first kappa shape index (κ1) is 14.6. The van der Waals surface area contributed by atoms with Crippen molar-refractivity contribution in [1.82, 2.24) is 10.3 Å². The van der Waals surface area contributed by atoms with Crippen LogP contribution >= 0.6 is 0 Å². The first-order valence-electron chi connectivity index (χ1n) is 7.10. The fourth-order valence-corrected chi connectivity index (χ4v) is 2.34. The number of H-pyrrole nitrogens is 1. The maximum atomic E-state index is 12.2. The minimum absolute atomic E-state index is 0.0932. The van der Waals surface area contributed by atoms with Crippen LogP contribution in [0.2, 0.25) is 0 Å². The van der Waals surface area contributed by atoms with Gasteiger partial charge >= 0.3 is 0 Å². The molecular weight excluding hydrogens is 252 g/mol. The molecule has 1 amide bonds. The summed E-state index contributed by atoms with van der Waals surface area (Å²) in [6, 6.07) is 7.58. The molecule has 0 radical (unpaired) electrons. The van der Waals surface area contributed by atoms with E-state index >= 15 is 0 Å². The van der Waals surface area contributed by atoms with Crippen LogP contribution in [-0.2, 0) is 0 Å². The van der Waals surface area contributed by atoms with Crippen molar-refractivity contribution in [2.24, 2.45) is 5.41 Å². The van der Waals surface area contributed by atoms with Crippen LogP contribution in [0.1, 0.15) is 37.0 Å². The first-order chi connectivity index (χ1) is 9.64. The molecule has 0 fully saturated rings. The van der Waals surface area contributed by atoms with E-state index in [0.717, 1.165) is 23.7 Å². The maximum Gasteiger partial charge on any atom is 0.251 e. The molecule has 0 aliphatic rings. The zero-order chi connectivity index (χ0) is 14.6. The van der Waals surface area contributed by atoms with E-state index in [1.807, 2.05) is 44.3 Å². The van der Waals surface area contributed by atoms with E-state index in [-0.39, 0.29) is 17.9 Å². The van der Waals surface area contributed by atoms with Crippen molar-refractivity contribution >= 4 is 16.8 Å². The van der Waals surface area contributed by atoms with Crippen LogP contribution in [0.3, 0.4) is 0 Å². The molecule has 1 aromatic heterocycles. The summed E-state index contributed by atoms with van der Waals surface area (Å²) in [6.07, 6.45) is 3.54. The summed E-state index contributed by atoms with van der Waals surface area (Å²) in [6.45, 7) is 4.67.